The van der Waals surface area contributed by atoms with Crippen LogP contribution in [0.25, 0.3) is 0 Å². The molecule has 0 fully saturated rings. The Kier molecular flexibility index (Phi) is 5.45. The third-order valence-electron chi connectivity index (χ3n) is 2.74. The minimum Gasteiger partial charge on any atom is -0.298 e. The van der Waals surface area contributed by atoms with E-state index in [1.165, 1.54) is 17.1 Å². The standard InChI is InChI=1S/C13H14ClN7O3/c1-20(2)19-12-10(21(23)24)11(15-7-16-12)17-18-13(22)8-3-5-9(14)6-4-8/h3-7H,1-2H3,(H,18,22)(H2,15,16,17,19). The van der Waals surface area contributed by atoms with Gasteiger partial charge in [-0.15, -0.1) is 0 Å². The zero-order chi connectivity index (χ0) is 17.7. The summed E-state index contributed by atoms with van der Waals surface area (Å²) in [6.45, 7) is 0. The molecule has 3 N–H and O–H groups in total. The quantitative estimate of drug-likeness (QED) is 0.530. The maximum Gasteiger partial charge on any atom is 0.356 e. The summed E-state index contributed by atoms with van der Waals surface area (Å²) < 4.78 is 0. The molecule has 0 saturated heterocycles. The molecule has 0 saturated carbocycles. The van der Waals surface area contributed by atoms with Gasteiger partial charge in [-0.1, -0.05) is 11.6 Å². The van der Waals surface area contributed by atoms with Gasteiger partial charge in [0.2, 0.25) is 11.6 Å². The van der Waals surface area contributed by atoms with Gasteiger partial charge in [0.25, 0.3) is 5.91 Å². The number of amides is 1. The van der Waals surface area contributed by atoms with Crippen molar-refractivity contribution < 1.29 is 9.72 Å². The fraction of sp³-hybridized carbons (Fsp3) is 0.154. The second-order valence-electron chi connectivity index (χ2n) is 4.77. The smallest absolute Gasteiger partial charge is 0.298 e. The van der Waals surface area contributed by atoms with Crippen LogP contribution in [0.15, 0.2) is 30.6 Å². The Morgan fingerprint density at radius 3 is 2.42 bits per heavy atom. The average molecular weight is 352 g/mol. The van der Waals surface area contributed by atoms with Gasteiger partial charge in [0.1, 0.15) is 6.33 Å². The summed E-state index contributed by atoms with van der Waals surface area (Å²) in [5.41, 5.74) is 7.40. The number of carbonyl (C=O) groups excluding carboxylic acids is 1. The van der Waals surface area contributed by atoms with Crippen molar-refractivity contribution in [3.63, 3.8) is 0 Å². The van der Waals surface area contributed by atoms with Crippen LogP contribution in [-0.4, -0.2) is 39.9 Å². The van der Waals surface area contributed by atoms with Crippen molar-refractivity contribution in [1.82, 2.24) is 20.4 Å². The summed E-state index contributed by atoms with van der Waals surface area (Å²) in [4.78, 5) is 30.3. The van der Waals surface area contributed by atoms with Crippen LogP contribution < -0.4 is 16.3 Å². The predicted molar refractivity (Wildman–Crippen MR) is 88.5 cm³/mol. The normalized spacial score (nSPS) is 10.3. The summed E-state index contributed by atoms with van der Waals surface area (Å²) in [7, 11) is 3.31. The van der Waals surface area contributed by atoms with Crippen molar-refractivity contribution in [1.29, 1.82) is 0 Å². The van der Waals surface area contributed by atoms with Gasteiger partial charge in [-0.2, -0.15) is 0 Å². The molecule has 0 aliphatic carbocycles. The number of nitrogens with zero attached hydrogens (tertiary/aromatic N) is 4. The predicted octanol–water partition coefficient (Wildman–Crippen LogP) is 1.68. The second-order valence-corrected chi connectivity index (χ2v) is 5.21. The van der Waals surface area contributed by atoms with Gasteiger partial charge in [-0.3, -0.25) is 31.2 Å². The molecular weight excluding hydrogens is 338 g/mol. The number of anilines is 2. The molecule has 2 aromatic rings. The number of nitro groups is 1. The first-order chi connectivity index (χ1) is 11.4. The highest BCUT2D eigenvalue weighted by atomic mass is 35.5. The second kappa shape index (κ2) is 7.53. The lowest BCUT2D eigenvalue weighted by molar-refractivity contribution is -0.383. The first-order valence-corrected chi connectivity index (χ1v) is 7.01. The molecular formula is C13H14ClN7O3. The summed E-state index contributed by atoms with van der Waals surface area (Å²) in [5, 5.41) is 13.3. The first-order valence-electron chi connectivity index (χ1n) is 6.63. The van der Waals surface area contributed by atoms with Gasteiger partial charge in [-0.05, 0) is 24.3 Å². The Hall–Kier alpha value is -2.98. The van der Waals surface area contributed by atoms with Crippen LogP contribution in [0.2, 0.25) is 5.02 Å². The Labute approximate surface area is 141 Å². The number of carbonyl (C=O) groups is 1. The SMILES string of the molecule is CN(C)Nc1ncnc(NNC(=O)c2ccc(Cl)cc2)c1[N+](=O)[O-]. The molecule has 0 spiro atoms. The number of hydrogen-bond donors (Lipinski definition) is 3. The van der Waals surface area contributed by atoms with Gasteiger partial charge in [0.05, 0.1) is 4.92 Å². The van der Waals surface area contributed by atoms with Gasteiger partial charge in [0, 0.05) is 24.7 Å². The summed E-state index contributed by atoms with van der Waals surface area (Å²) >= 11 is 5.75. The molecule has 0 bridgehead atoms. The highest BCUT2D eigenvalue weighted by Crippen LogP contribution is 2.28. The largest absolute Gasteiger partial charge is 0.356 e. The third-order valence-corrected chi connectivity index (χ3v) is 2.99. The zero-order valence-electron chi connectivity index (χ0n) is 12.8. The number of aromatic nitrogens is 2. The van der Waals surface area contributed by atoms with E-state index in [-0.39, 0.29) is 11.6 Å². The molecule has 0 unspecified atom stereocenters. The Morgan fingerprint density at radius 2 is 1.83 bits per heavy atom. The van der Waals surface area contributed by atoms with Crippen LogP contribution in [0, 0.1) is 10.1 Å². The monoisotopic (exact) mass is 351 g/mol. The van der Waals surface area contributed by atoms with Gasteiger partial charge in [0.15, 0.2) is 0 Å². The maximum atomic E-state index is 12.0. The summed E-state index contributed by atoms with van der Waals surface area (Å²) in [5.74, 6) is -0.661. The van der Waals surface area contributed by atoms with Crippen LogP contribution in [0.3, 0.4) is 0 Å². The maximum absolute atomic E-state index is 12.0. The van der Waals surface area contributed by atoms with E-state index in [9.17, 15) is 14.9 Å². The van der Waals surface area contributed by atoms with Crippen molar-refractivity contribution >= 4 is 34.8 Å². The topological polar surface area (TPSA) is 125 Å². The number of hydrogen-bond acceptors (Lipinski definition) is 8. The highest BCUT2D eigenvalue weighted by Gasteiger charge is 2.23. The summed E-state index contributed by atoms with van der Waals surface area (Å²) in [6.07, 6.45) is 1.13. The van der Waals surface area contributed by atoms with Gasteiger partial charge < -0.3 is 0 Å². The Balaban J connectivity index is 2.18. The van der Waals surface area contributed by atoms with Crippen molar-refractivity contribution in [3.05, 3.63) is 51.3 Å². The molecule has 10 nitrogen and oxygen atoms in total. The molecule has 0 aliphatic rings. The summed E-state index contributed by atoms with van der Waals surface area (Å²) in [6, 6.07) is 6.16. The minimum absolute atomic E-state index is 0.0109. The minimum atomic E-state index is -0.650. The molecule has 0 radical (unpaired) electrons. The van der Waals surface area contributed by atoms with Crippen molar-refractivity contribution in [3.8, 4) is 0 Å². The molecule has 1 aromatic carbocycles. The van der Waals surface area contributed by atoms with Crippen molar-refractivity contribution in [2.24, 2.45) is 0 Å². The molecule has 11 heteroatoms. The van der Waals surface area contributed by atoms with Gasteiger partial charge in [-0.25, -0.2) is 15.0 Å². The fourth-order valence-corrected chi connectivity index (χ4v) is 1.85. The lowest BCUT2D eigenvalue weighted by Crippen LogP contribution is -2.30. The number of halogens is 1. The number of hydrazine groups is 2. The lowest BCUT2D eigenvalue weighted by atomic mass is 10.2. The van der Waals surface area contributed by atoms with E-state index in [1.54, 1.807) is 26.2 Å². The van der Waals surface area contributed by atoms with Gasteiger partial charge >= 0.3 is 5.69 Å². The van der Waals surface area contributed by atoms with Crippen LogP contribution in [-0.2, 0) is 0 Å². The molecule has 1 heterocycles. The van der Waals surface area contributed by atoms with E-state index < -0.39 is 16.5 Å². The highest BCUT2D eigenvalue weighted by molar-refractivity contribution is 6.30. The number of nitrogens with one attached hydrogen (secondary N) is 3. The first kappa shape index (κ1) is 17.4. The molecule has 0 aliphatic heterocycles. The van der Waals surface area contributed by atoms with Crippen molar-refractivity contribution in [2.75, 3.05) is 24.9 Å². The van der Waals surface area contributed by atoms with Crippen LogP contribution in [0.1, 0.15) is 10.4 Å². The Bertz CT molecular complexity index is 752. The average Bonchev–Trinajstić information content (AvgIpc) is 2.52. The number of benzene rings is 1. The van der Waals surface area contributed by atoms with E-state index in [0.29, 0.717) is 10.6 Å². The Morgan fingerprint density at radius 1 is 1.21 bits per heavy atom. The van der Waals surface area contributed by atoms with E-state index >= 15 is 0 Å². The molecule has 2 rings (SSSR count). The van der Waals surface area contributed by atoms with Crippen LogP contribution in [0.5, 0.6) is 0 Å². The molecule has 126 valence electrons. The third kappa shape index (κ3) is 4.27. The lowest BCUT2D eigenvalue weighted by Gasteiger charge is -2.14. The van der Waals surface area contributed by atoms with E-state index in [0.717, 1.165) is 6.33 Å². The molecule has 1 aromatic heterocycles. The molecule has 24 heavy (non-hydrogen) atoms. The zero-order valence-corrected chi connectivity index (χ0v) is 13.5. The van der Waals surface area contributed by atoms with Crippen molar-refractivity contribution in [2.45, 2.75) is 0 Å². The van der Waals surface area contributed by atoms with Crippen LogP contribution >= 0.6 is 11.6 Å². The molecule has 0 atom stereocenters. The molecule has 1 amide bonds. The van der Waals surface area contributed by atoms with E-state index in [1.807, 2.05) is 0 Å². The van der Waals surface area contributed by atoms with E-state index in [4.69, 9.17) is 11.6 Å². The van der Waals surface area contributed by atoms with E-state index in [2.05, 4.69) is 26.2 Å². The fourth-order valence-electron chi connectivity index (χ4n) is 1.73. The number of rotatable bonds is 6. The van der Waals surface area contributed by atoms with Crippen LogP contribution in [0.4, 0.5) is 17.3 Å².